The molecule has 0 aliphatic rings. The minimum Gasteiger partial charge on any atom is -0.359 e. The van der Waals surface area contributed by atoms with Crippen molar-refractivity contribution in [2.75, 3.05) is 12.4 Å². The zero-order valence-corrected chi connectivity index (χ0v) is 14.5. The van der Waals surface area contributed by atoms with Gasteiger partial charge in [-0.05, 0) is 40.1 Å². The van der Waals surface area contributed by atoms with Crippen LogP contribution in [0.3, 0.4) is 0 Å². The lowest BCUT2D eigenvalue weighted by Gasteiger charge is -2.05. The van der Waals surface area contributed by atoms with Crippen LogP contribution in [0.4, 0.5) is 5.69 Å². The third-order valence-electron chi connectivity index (χ3n) is 4.10. The van der Waals surface area contributed by atoms with Gasteiger partial charge in [-0.1, -0.05) is 54.6 Å². The molecule has 4 heteroatoms. The number of hydrogen-bond acceptors (Lipinski definition) is 2. The Labute approximate surface area is 152 Å². The van der Waals surface area contributed by atoms with Gasteiger partial charge in [0.25, 0.3) is 0 Å². The zero-order chi connectivity index (χ0) is 18.4. The van der Waals surface area contributed by atoms with Crippen molar-refractivity contribution in [1.82, 2.24) is 5.32 Å². The lowest BCUT2D eigenvalue weighted by Crippen LogP contribution is -2.19. The molecule has 0 bridgehead atoms. The molecule has 130 valence electrons. The highest BCUT2D eigenvalue weighted by molar-refractivity contribution is 6.03. The number of carbonyl (C=O) groups excluding carboxylic acids is 2. The average Bonchev–Trinajstić information content (AvgIpc) is 2.67. The number of carbonyl (C=O) groups is 2. The normalized spacial score (nSPS) is 10.8. The molecule has 2 amide bonds. The number of rotatable bonds is 5. The summed E-state index contributed by atoms with van der Waals surface area (Å²) in [7, 11) is 1.61. The molecule has 0 saturated heterocycles. The Hall–Kier alpha value is -3.40. The van der Waals surface area contributed by atoms with E-state index >= 15 is 0 Å². The Bertz CT molecular complexity index is 954. The smallest absolute Gasteiger partial charge is 0.248 e. The van der Waals surface area contributed by atoms with E-state index in [1.54, 1.807) is 19.2 Å². The molecule has 26 heavy (non-hydrogen) atoms. The van der Waals surface area contributed by atoms with Crippen molar-refractivity contribution in [3.63, 3.8) is 0 Å². The summed E-state index contributed by atoms with van der Waals surface area (Å²) in [5.41, 5.74) is 2.59. The summed E-state index contributed by atoms with van der Waals surface area (Å²) in [6.45, 7) is 0. The third-order valence-corrected chi connectivity index (χ3v) is 4.10. The first-order chi connectivity index (χ1) is 12.7. The number of likely N-dealkylation sites (N-methyl/N-ethyl adjacent to an activating group) is 1. The van der Waals surface area contributed by atoms with Crippen molar-refractivity contribution in [2.24, 2.45) is 0 Å². The highest BCUT2D eigenvalue weighted by Gasteiger charge is 2.03. The van der Waals surface area contributed by atoms with Crippen molar-refractivity contribution in [1.29, 1.82) is 0 Å². The number of benzene rings is 3. The van der Waals surface area contributed by atoms with Gasteiger partial charge in [0.05, 0.1) is 6.42 Å². The minimum atomic E-state index is -0.197. The molecule has 2 N–H and O–H groups in total. The van der Waals surface area contributed by atoms with Gasteiger partial charge in [0, 0.05) is 18.8 Å². The summed E-state index contributed by atoms with van der Waals surface area (Å²) in [5, 5.41) is 7.67. The van der Waals surface area contributed by atoms with Gasteiger partial charge < -0.3 is 10.6 Å². The van der Waals surface area contributed by atoms with E-state index in [1.165, 1.54) is 6.08 Å². The van der Waals surface area contributed by atoms with Crippen LogP contribution in [0.25, 0.3) is 16.8 Å². The Balaban J connectivity index is 1.66. The van der Waals surface area contributed by atoms with Gasteiger partial charge in [-0.2, -0.15) is 0 Å². The second-order valence-electron chi connectivity index (χ2n) is 5.94. The van der Waals surface area contributed by atoms with E-state index < -0.39 is 0 Å². The summed E-state index contributed by atoms with van der Waals surface area (Å²) in [6, 6.07) is 21.3. The summed E-state index contributed by atoms with van der Waals surface area (Å²) in [6.07, 6.45) is 3.67. The van der Waals surface area contributed by atoms with Crippen LogP contribution in [0.15, 0.2) is 72.8 Å². The summed E-state index contributed by atoms with van der Waals surface area (Å²) in [5.74, 6) is -0.239. The predicted octanol–water partition coefficient (Wildman–Crippen LogP) is 3.78. The van der Waals surface area contributed by atoms with Crippen LogP contribution in [0.2, 0.25) is 0 Å². The molecule has 0 atom stereocenters. The molecule has 3 aromatic rings. The van der Waals surface area contributed by atoms with Crippen molar-refractivity contribution >= 4 is 34.4 Å². The molecule has 4 nitrogen and oxygen atoms in total. The highest BCUT2D eigenvalue weighted by atomic mass is 16.2. The van der Waals surface area contributed by atoms with Crippen molar-refractivity contribution < 1.29 is 9.59 Å². The minimum absolute atomic E-state index is 0.0418. The Morgan fingerprint density at radius 3 is 2.42 bits per heavy atom. The van der Waals surface area contributed by atoms with E-state index in [-0.39, 0.29) is 11.8 Å². The van der Waals surface area contributed by atoms with Crippen molar-refractivity contribution in [3.8, 4) is 0 Å². The maximum absolute atomic E-state index is 12.2. The van der Waals surface area contributed by atoms with Gasteiger partial charge in [0.15, 0.2) is 0 Å². The van der Waals surface area contributed by atoms with Gasteiger partial charge in [-0.15, -0.1) is 0 Å². The Kier molecular flexibility index (Phi) is 5.44. The second kappa shape index (κ2) is 8.12. The van der Waals surface area contributed by atoms with Crippen LogP contribution in [0.5, 0.6) is 0 Å². The molecular weight excluding hydrogens is 324 g/mol. The van der Waals surface area contributed by atoms with Crippen LogP contribution in [-0.4, -0.2) is 18.9 Å². The lowest BCUT2D eigenvalue weighted by atomic mass is 10.0. The fourth-order valence-electron chi connectivity index (χ4n) is 2.72. The first-order valence-corrected chi connectivity index (χ1v) is 8.42. The molecular formula is C22H20N2O2. The van der Waals surface area contributed by atoms with Crippen LogP contribution in [0, 0.1) is 0 Å². The van der Waals surface area contributed by atoms with Crippen LogP contribution in [0.1, 0.15) is 11.1 Å². The highest BCUT2D eigenvalue weighted by Crippen LogP contribution is 2.19. The Morgan fingerprint density at radius 2 is 1.65 bits per heavy atom. The quantitative estimate of drug-likeness (QED) is 0.692. The molecule has 0 unspecified atom stereocenters. The van der Waals surface area contributed by atoms with E-state index in [2.05, 4.69) is 10.6 Å². The molecule has 3 rings (SSSR count). The molecule has 0 spiro atoms. The average molecular weight is 344 g/mol. The standard InChI is InChI=1S/C22H20N2O2/c1-23-22(26)15-16-9-12-19(13-10-16)24-21(25)14-11-18-7-4-6-17-5-2-3-8-20(17)18/h2-14H,15H2,1H3,(H,23,26)(H,24,25)/b14-11+. The monoisotopic (exact) mass is 344 g/mol. The molecule has 0 heterocycles. The van der Waals surface area contributed by atoms with Crippen LogP contribution in [-0.2, 0) is 16.0 Å². The number of hydrogen-bond donors (Lipinski definition) is 2. The second-order valence-corrected chi connectivity index (χ2v) is 5.94. The molecule has 0 saturated carbocycles. The number of amides is 2. The maximum atomic E-state index is 12.2. The molecule has 3 aromatic carbocycles. The topological polar surface area (TPSA) is 58.2 Å². The lowest BCUT2D eigenvalue weighted by molar-refractivity contribution is -0.120. The largest absolute Gasteiger partial charge is 0.359 e. The van der Waals surface area contributed by atoms with Gasteiger partial charge in [-0.25, -0.2) is 0 Å². The number of nitrogens with one attached hydrogen (secondary N) is 2. The molecule has 0 fully saturated rings. The first-order valence-electron chi connectivity index (χ1n) is 8.42. The summed E-state index contributed by atoms with van der Waals surface area (Å²) in [4.78, 5) is 23.5. The summed E-state index contributed by atoms with van der Waals surface area (Å²) >= 11 is 0. The fourth-order valence-corrected chi connectivity index (χ4v) is 2.72. The number of fused-ring (bicyclic) bond motifs is 1. The molecule has 0 aromatic heterocycles. The SMILES string of the molecule is CNC(=O)Cc1ccc(NC(=O)/C=C/c2cccc3ccccc23)cc1. The van der Waals surface area contributed by atoms with Crippen LogP contribution >= 0.6 is 0 Å². The van der Waals surface area contributed by atoms with Gasteiger partial charge in [0.1, 0.15) is 0 Å². The van der Waals surface area contributed by atoms with Gasteiger partial charge in [-0.3, -0.25) is 9.59 Å². The van der Waals surface area contributed by atoms with Crippen molar-refractivity contribution in [3.05, 3.63) is 83.9 Å². The molecule has 0 radical (unpaired) electrons. The third kappa shape index (κ3) is 4.36. The maximum Gasteiger partial charge on any atom is 0.248 e. The van der Waals surface area contributed by atoms with Crippen molar-refractivity contribution in [2.45, 2.75) is 6.42 Å². The van der Waals surface area contributed by atoms with E-state index in [0.717, 1.165) is 21.9 Å². The predicted molar refractivity (Wildman–Crippen MR) is 106 cm³/mol. The van der Waals surface area contributed by atoms with E-state index in [1.807, 2.05) is 60.7 Å². The zero-order valence-electron chi connectivity index (χ0n) is 14.5. The molecule has 0 aliphatic heterocycles. The van der Waals surface area contributed by atoms with E-state index in [9.17, 15) is 9.59 Å². The number of anilines is 1. The molecule has 0 aliphatic carbocycles. The van der Waals surface area contributed by atoms with Crippen LogP contribution < -0.4 is 10.6 Å². The van der Waals surface area contributed by atoms with Gasteiger partial charge >= 0.3 is 0 Å². The summed E-state index contributed by atoms with van der Waals surface area (Å²) < 4.78 is 0. The fraction of sp³-hybridized carbons (Fsp3) is 0.0909. The van der Waals surface area contributed by atoms with E-state index in [4.69, 9.17) is 0 Å². The Morgan fingerprint density at radius 1 is 0.923 bits per heavy atom. The van der Waals surface area contributed by atoms with E-state index in [0.29, 0.717) is 12.1 Å². The van der Waals surface area contributed by atoms with Gasteiger partial charge in [0.2, 0.25) is 11.8 Å². The first kappa shape index (κ1) is 17.4.